The zero-order valence-corrected chi connectivity index (χ0v) is 12.4. The summed E-state index contributed by atoms with van der Waals surface area (Å²) < 4.78 is 0. The Balaban J connectivity index is 1.86. The summed E-state index contributed by atoms with van der Waals surface area (Å²) in [4.78, 5) is 17.6. The van der Waals surface area contributed by atoms with Gasteiger partial charge in [-0.25, -0.2) is 4.98 Å². The molecule has 1 saturated heterocycles. The van der Waals surface area contributed by atoms with Gasteiger partial charge in [0.05, 0.1) is 5.56 Å². The highest BCUT2D eigenvalue weighted by Crippen LogP contribution is 2.22. The monoisotopic (exact) mass is 279 g/mol. The molecule has 5 heteroatoms. The van der Waals surface area contributed by atoms with Crippen molar-refractivity contribution in [3.8, 4) is 0 Å². The maximum Gasteiger partial charge on any atom is 0.254 e. The van der Waals surface area contributed by atoms with Gasteiger partial charge >= 0.3 is 0 Å². The minimum atomic E-state index is -0.0108. The Morgan fingerprint density at radius 2 is 2.16 bits per heavy atom. The van der Waals surface area contributed by atoms with Gasteiger partial charge in [-0.15, -0.1) is 0 Å². The van der Waals surface area contributed by atoms with Crippen LogP contribution in [0.3, 0.4) is 0 Å². The Hall–Kier alpha value is -1.23. The van der Waals surface area contributed by atoms with Crippen LogP contribution >= 0.6 is 11.8 Å². The first kappa shape index (κ1) is 14.2. The maximum atomic E-state index is 11.7. The summed E-state index contributed by atoms with van der Waals surface area (Å²) in [5.41, 5.74) is 0.629. The van der Waals surface area contributed by atoms with Crippen LogP contribution in [0.5, 0.6) is 0 Å². The number of anilines is 1. The smallest absolute Gasteiger partial charge is 0.254 e. The number of thioether (sulfide) groups is 1. The molecule has 0 spiro atoms. The Kier molecular flexibility index (Phi) is 5.07. The molecule has 2 heterocycles. The van der Waals surface area contributed by atoms with Gasteiger partial charge in [-0.3, -0.25) is 4.79 Å². The molecule has 1 aliphatic heterocycles. The first-order chi connectivity index (χ1) is 9.16. The highest BCUT2D eigenvalue weighted by Gasteiger charge is 2.13. The van der Waals surface area contributed by atoms with Crippen molar-refractivity contribution >= 4 is 23.5 Å². The molecule has 0 aliphatic carbocycles. The minimum Gasteiger partial charge on any atom is -0.370 e. The molecule has 1 aliphatic rings. The summed E-state index contributed by atoms with van der Waals surface area (Å²) in [5, 5.41) is 3.36. The van der Waals surface area contributed by atoms with E-state index in [1.165, 1.54) is 24.3 Å². The van der Waals surface area contributed by atoms with Crippen molar-refractivity contribution in [2.45, 2.75) is 12.8 Å². The number of hydrogen-bond acceptors (Lipinski definition) is 4. The number of carbonyl (C=O) groups is 1. The van der Waals surface area contributed by atoms with Gasteiger partial charge in [0.1, 0.15) is 5.82 Å². The van der Waals surface area contributed by atoms with Crippen molar-refractivity contribution in [2.75, 3.05) is 37.5 Å². The van der Waals surface area contributed by atoms with Gasteiger partial charge < -0.3 is 10.2 Å². The molecule has 0 saturated carbocycles. The molecule has 1 amide bonds. The molecular formula is C14H21N3OS. The molecule has 19 heavy (non-hydrogen) atoms. The summed E-state index contributed by atoms with van der Waals surface area (Å²) in [6.07, 6.45) is 4.21. The van der Waals surface area contributed by atoms with Crippen molar-refractivity contribution in [1.29, 1.82) is 0 Å². The quantitative estimate of drug-likeness (QED) is 0.919. The number of hydrogen-bond donors (Lipinski definition) is 1. The molecule has 1 fully saturated rings. The number of nitrogens with zero attached hydrogens (tertiary/aromatic N) is 2. The summed E-state index contributed by atoms with van der Waals surface area (Å²) in [7, 11) is 3.49. The van der Waals surface area contributed by atoms with Crippen LogP contribution in [0.4, 0.5) is 5.82 Å². The lowest BCUT2D eigenvalue weighted by atomic mass is 10.0. The molecule has 0 unspecified atom stereocenters. The van der Waals surface area contributed by atoms with Gasteiger partial charge in [0.25, 0.3) is 5.91 Å². The molecule has 0 radical (unpaired) electrons. The normalized spacial score (nSPS) is 16.1. The Morgan fingerprint density at radius 1 is 1.42 bits per heavy atom. The first-order valence-corrected chi connectivity index (χ1v) is 7.81. The fourth-order valence-corrected chi connectivity index (χ4v) is 3.29. The van der Waals surface area contributed by atoms with E-state index >= 15 is 0 Å². The molecule has 4 nitrogen and oxygen atoms in total. The molecule has 0 bridgehead atoms. The lowest BCUT2D eigenvalue weighted by molar-refractivity contribution is 0.0827. The number of aromatic nitrogens is 1. The van der Waals surface area contributed by atoms with Crippen LogP contribution in [-0.2, 0) is 0 Å². The molecule has 0 atom stereocenters. The fourth-order valence-electron chi connectivity index (χ4n) is 2.08. The van der Waals surface area contributed by atoms with E-state index in [0.717, 1.165) is 18.3 Å². The molecule has 1 aromatic rings. The number of amides is 1. The zero-order valence-electron chi connectivity index (χ0n) is 11.6. The van der Waals surface area contributed by atoms with E-state index in [1.54, 1.807) is 25.2 Å². The molecule has 2 rings (SSSR count). The highest BCUT2D eigenvalue weighted by atomic mass is 32.2. The van der Waals surface area contributed by atoms with Gasteiger partial charge in [-0.2, -0.15) is 11.8 Å². The number of nitrogens with one attached hydrogen (secondary N) is 1. The van der Waals surface area contributed by atoms with E-state index in [9.17, 15) is 4.79 Å². The van der Waals surface area contributed by atoms with E-state index in [-0.39, 0.29) is 5.91 Å². The van der Waals surface area contributed by atoms with E-state index in [0.29, 0.717) is 5.56 Å². The first-order valence-electron chi connectivity index (χ1n) is 6.66. The Morgan fingerprint density at radius 3 is 2.74 bits per heavy atom. The van der Waals surface area contributed by atoms with Crippen LogP contribution in [0.25, 0.3) is 0 Å². The fraction of sp³-hybridized carbons (Fsp3) is 0.571. The van der Waals surface area contributed by atoms with E-state index in [2.05, 4.69) is 10.3 Å². The average molecular weight is 279 g/mol. The van der Waals surface area contributed by atoms with Crippen molar-refractivity contribution in [3.05, 3.63) is 23.9 Å². The molecule has 1 N–H and O–H groups in total. The largest absolute Gasteiger partial charge is 0.370 e. The standard InChI is InChI=1S/C14H21N3OS/c1-17(2)14(18)12-3-4-13(16-10-12)15-9-11-5-7-19-8-6-11/h3-4,10-11H,5-9H2,1-2H3,(H,15,16). The van der Waals surface area contributed by atoms with Gasteiger partial charge in [0.2, 0.25) is 0 Å². The van der Waals surface area contributed by atoms with Crippen LogP contribution in [0, 0.1) is 5.92 Å². The third-order valence-corrected chi connectivity index (χ3v) is 4.38. The molecule has 104 valence electrons. The molecular weight excluding hydrogens is 258 g/mol. The number of pyridine rings is 1. The highest BCUT2D eigenvalue weighted by molar-refractivity contribution is 7.99. The van der Waals surface area contributed by atoms with Crippen LogP contribution in [0.1, 0.15) is 23.2 Å². The van der Waals surface area contributed by atoms with Crippen molar-refractivity contribution in [1.82, 2.24) is 9.88 Å². The van der Waals surface area contributed by atoms with Gasteiger partial charge in [0, 0.05) is 26.8 Å². The lowest BCUT2D eigenvalue weighted by Gasteiger charge is -2.21. The Labute approximate surface area is 119 Å². The lowest BCUT2D eigenvalue weighted by Crippen LogP contribution is -2.22. The van der Waals surface area contributed by atoms with E-state index in [1.807, 2.05) is 23.9 Å². The second-order valence-electron chi connectivity index (χ2n) is 5.07. The van der Waals surface area contributed by atoms with Crippen molar-refractivity contribution in [3.63, 3.8) is 0 Å². The third-order valence-electron chi connectivity index (χ3n) is 3.33. The van der Waals surface area contributed by atoms with Crippen LogP contribution in [0.2, 0.25) is 0 Å². The molecule has 0 aromatic carbocycles. The second-order valence-corrected chi connectivity index (χ2v) is 6.29. The predicted molar refractivity (Wildman–Crippen MR) is 80.8 cm³/mol. The van der Waals surface area contributed by atoms with Crippen molar-refractivity contribution < 1.29 is 4.79 Å². The van der Waals surface area contributed by atoms with Gasteiger partial charge in [-0.05, 0) is 42.4 Å². The topological polar surface area (TPSA) is 45.2 Å². The van der Waals surface area contributed by atoms with Crippen molar-refractivity contribution in [2.24, 2.45) is 5.92 Å². The molecule has 1 aromatic heterocycles. The van der Waals surface area contributed by atoms with Crippen LogP contribution in [0.15, 0.2) is 18.3 Å². The summed E-state index contributed by atoms with van der Waals surface area (Å²) >= 11 is 2.04. The van der Waals surface area contributed by atoms with Gasteiger partial charge in [-0.1, -0.05) is 0 Å². The predicted octanol–water partition coefficient (Wildman–Crippen LogP) is 2.34. The average Bonchev–Trinajstić information content (AvgIpc) is 2.46. The zero-order chi connectivity index (χ0) is 13.7. The van der Waals surface area contributed by atoms with Gasteiger partial charge in [0.15, 0.2) is 0 Å². The minimum absolute atomic E-state index is 0.0108. The van der Waals surface area contributed by atoms with Crippen LogP contribution in [-0.4, -0.2) is 47.9 Å². The van der Waals surface area contributed by atoms with Crippen LogP contribution < -0.4 is 5.32 Å². The second kappa shape index (κ2) is 6.80. The summed E-state index contributed by atoms with van der Waals surface area (Å²) in [6.45, 7) is 0.981. The third kappa shape index (κ3) is 4.13. The Bertz CT molecular complexity index is 413. The van der Waals surface area contributed by atoms with E-state index in [4.69, 9.17) is 0 Å². The maximum absolute atomic E-state index is 11.7. The van der Waals surface area contributed by atoms with E-state index < -0.39 is 0 Å². The number of carbonyl (C=O) groups excluding carboxylic acids is 1. The summed E-state index contributed by atoms with van der Waals surface area (Å²) in [6, 6.07) is 3.71. The summed E-state index contributed by atoms with van der Waals surface area (Å²) in [5.74, 6) is 4.15. The number of rotatable bonds is 4. The SMILES string of the molecule is CN(C)C(=O)c1ccc(NCC2CCSCC2)nc1.